The van der Waals surface area contributed by atoms with Crippen LogP contribution in [-0.2, 0) is 4.74 Å². The Bertz CT molecular complexity index is 708. The molecule has 1 unspecified atom stereocenters. The number of piperazine rings is 1. The number of hydrogen-bond acceptors (Lipinski definition) is 6. The van der Waals surface area contributed by atoms with Crippen LogP contribution in [0.5, 0.6) is 5.75 Å². The van der Waals surface area contributed by atoms with E-state index in [0.717, 1.165) is 6.07 Å². The lowest BCUT2D eigenvalue weighted by Crippen LogP contribution is -2.55. The molecule has 0 saturated carbocycles. The maximum absolute atomic E-state index is 12.7. The molecule has 10 heteroatoms. The van der Waals surface area contributed by atoms with Gasteiger partial charge in [-0.3, -0.25) is 10.1 Å². The minimum Gasteiger partial charge on any atom is -0.444 e. The van der Waals surface area contributed by atoms with Crippen LogP contribution in [0.4, 0.5) is 25.0 Å². The van der Waals surface area contributed by atoms with Crippen molar-refractivity contribution in [2.24, 2.45) is 0 Å². The van der Waals surface area contributed by atoms with Crippen molar-refractivity contribution < 1.29 is 28.0 Å². The zero-order valence-corrected chi connectivity index (χ0v) is 15.6. The van der Waals surface area contributed by atoms with E-state index >= 15 is 0 Å². The topological polar surface area (TPSA) is 85.2 Å². The number of amides is 1. The van der Waals surface area contributed by atoms with E-state index < -0.39 is 23.2 Å². The minimum absolute atomic E-state index is 0.247. The van der Waals surface area contributed by atoms with Crippen LogP contribution in [0.25, 0.3) is 0 Å². The summed E-state index contributed by atoms with van der Waals surface area (Å²) in [4.78, 5) is 25.8. The number of benzene rings is 1. The van der Waals surface area contributed by atoms with Gasteiger partial charge >= 0.3 is 12.7 Å². The number of hydrogen-bond donors (Lipinski definition) is 0. The monoisotopic (exact) mass is 387 g/mol. The fourth-order valence-corrected chi connectivity index (χ4v) is 2.84. The molecule has 1 aliphatic rings. The van der Waals surface area contributed by atoms with Crippen molar-refractivity contribution in [3.05, 3.63) is 28.3 Å². The Balaban J connectivity index is 2.18. The first-order valence-corrected chi connectivity index (χ1v) is 8.46. The van der Waals surface area contributed by atoms with E-state index in [-0.39, 0.29) is 17.5 Å². The molecular formula is C17H23F2N3O5. The van der Waals surface area contributed by atoms with E-state index in [9.17, 15) is 23.7 Å². The Hall–Kier alpha value is -2.65. The standard InChI is InChI=1S/C17H23F2N3O5/c1-11-10-20(7-8-21(11)16(23)27-17(2,3)4)13-6-5-12(22(24)25)9-14(13)26-15(18)19/h5-6,9,11,15H,7-8,10H2,1-4H3. The number of rotatable bonds is 4. The van der Waals surface area contributed by atoms with E-state index in [1.54, 1.807) is 30.6 Å². The molecule has 8 nitrogen and oxygen atoms in total. The van der Waals surface area contributed by atoms with Crippen molar-refractivity contribution in [3.63, 3.8) is 0 Å². The molecule has 0 aromatic heterocycles. The molecule has 0 aliphatic carbocycles. The smallest absolute Gasteiger partial charge is 0.410 e. The highest BCUT2D eigenvalue weighted by Gasteiger charge is 2.32. The molecule has 0 radical (unpaired) electrons. The number of carbonyl (C=O) groups is 1. The molecule has 1 saturated heterocycles. The maximum Gasteiger partial charge on any atom is 0.410 e. The number of nitro benzene ring substituents is 1. The molecule has 27 heavy (non-hydrogen) atoms. The molecule has 150 valence electrons. The predicted molar refractivity (Wildman–Crippen MR) is 94.3 cm³/mol. The highest BCUT2D eigenvalue weighted by molar-refractivity contribution is 5.70. The van der Waals surface area contributed by atoms with Gasteiger partial charge in [0.05, 0.1) is 16.7 Å². The van der Waals surface area contributed by atoms with Crippen LogP contribution in [0.2, 0.25) is 0 Å². The lowest BCUT2D eigenvalue weighted by Gasteiger charge is -2.41. The lowest BCUT2D eigenvalue weighted by molar-refractivity contribution is -0.385. The van der Waals surface area contributed by atoms with Gasteiger partial charge in [-0.15, -0.1) is 0 Å². The first-order chi connectivity index (χ1) is 12.5. The number of non-ortho nitro benzene ring substituents is 1. The molecule has 2 rings (SSSR count). The van der Waals surface area contributed by atoms with Gasteiger partial charge in [-0.2, -0.15) is 8.78 Å². The van der Waals surface area contributed by atoms with Crippen molar-refractivity contribution >= 4 is 17.5 Å². The summed E-state index contributed by atoms with van der Waals surface area (Å²) in [6.45, 7) is 5.05. The van der Waals surface area contributed by atoms with Crippen LogP contribution in [0, 0.1) is 10.1 Å². The highest BCUT2D eigenvalue weighted by atomic mass is 19.3. The SMILES string of the molecule is CC1CN(c2ccc([N+](=O)[O-])cc2OC(F)F)CCN1C(=O)OC(C)(C)C. The Morgan fingerprint density at radius 3 is 2.52 bits per heavy atom. The maximum atomic E-state index is 12.7. The zero-order valence-electron chi connectivity index (χ0n) is 15.6. The van der Waals surface area contributed by atoms with E-state index in [0.29, 0.717) is 25.3 Å². The second kappa shape index (κ2) is 7.93. The number of halogens is 2. The van der Waals surface area contributed by atoms with Crippen LogP contribution < -0.4 is 9.64 Å². The summed E-state index contributed by atoms with van der Waals surface area (Å²) in [5.41, 5.74) is -0.642. The molecule has 0 N–H and O–H groups in total. The van der Waals surface area contributed by atoms with Crippen LogP contribution in [0.1, 0.15) is 27.7 Å². The van der Waals surface area contributed by atoms with Gasteiger partial charge in [0, 0.05) is 31.7 Å². The number of anilines is 1. The van der Waals surface area contributed by atoms with Gasteiger partial charge in [-0.25, -0.2) is 4.79 Å². The van der Waals surface area contributed by atoms with E-state index in [2.05, 4.69) is 4.74 Å². The molecule has 1 fully saturated rings. The molecular weight excluding hydrogens is 364 g/mol. The summed E-state index contributed by atoms with van der Waals surface area (Å²) in [5.74, 6) is -0.267. The average Bonchev–Trinajstić information content (AvgIpc) is 2.52. The summed E-state index contributed by atoms with van der Waals surface area (Å²) in [7, 11) is 0. The van der Waals surface area contributed by atoms with Crippen LogP contribution in [0.3, 0.4) is 0 Å². The van der Waals surface area contributed by atoms with Crippen LogP contribution >= 0.6 is 0 Å². The summed E-state index contributed by atoms with van der Waals surface area (Å²) in [6, 6.07) is 3.35. The van der Waals surface area contributed by atoms with E-state index in [1.807, 2.05) is 6.92 Å². The normalized spacial score (nSPS) is 17.8. The van der Waals surface area contributed by atoms with Gasteiger partial charge < -0.3 is 19.3 Å². The van der Waals surface area contributed by atoms with Crippen molar-refractivity contribution in [2.75, 3.05) is 24.5 Å². The second-order valence-corrected chi connectivity index (χ2v) is 7.26. The number of nitrogens with zero attached hydrogens (tertiary/aromatic N) is 3. The Morgan fingerprint density at radius 1 is 1.33 bits per heavy atom. The van der Waals surface area contributed by atoms with E-state index in [1.165, 1.54) is 12.1 Å². The van der Waals surface area contributed by atoms with Gasteiger partial charge in [-0.1, -0.05) is 0 Å². The number of alkyl halides is 2. The van der Waals surface area contributed by atoms with Crippen LogP contribution in [-0.4, -0.2) is 53.8 Å². The molecule has 1 aliphatic heterocycles. The molecule has 1 amide bonds. The van der Waals surface area contributed by atoms with Gasteiger partial charge in [0.15, 0.2) is 5.75 Å². The van der Waals surface area contributed by atoms with Gasteiger partial charge in [0.1, 0.15) is 5.60 Å². The minimum atomic E-state index is -3.11. The summed E-state index contributed by atoms with van der Waals surface area (Å²) < 4.78 is 35.3. The molecule has 0 bridgehead atoms. The summed E-state index contributed by atoms with van der Waals surface area (Å²) in [6.07, 6.45) is -0.442. The number of carbonyl (C=O) groups excluding carboxylic acids is 1. The van der Waals surface area contributed by atoms with Gasteiger partial charge in [0.2, 0.25) is 0 Å². The van der Waals surface area contributed by atoms with Crippen LogP contribution in [0.15, 0.2) is 18.2 Å². The van der Waals surface area contributed by atoms with Crippen molar-refractivity contribution in [1.82, 2.24) is 4.90 Å². The quantitative estimate of drug-likeness (QED) is 0.579. The summed E-state index contributed by atoms with van der Waals surface area (Å²) in [5, 5.41) is 10.9. The van der Waals surface area contributed by atoms with Gasteiger partial charge in [-0.05, 0) is 33.8 Å². The third-order valence-electron chi connectivity index (χ3n) is 3.97. The van der Waals surface area contributed by atoms with Gasteiger partial charge in [0.25, 0.3) is 5.69 Å². The van der Waals surface area contributed by atoms with Crippen molar-refractivity contribution in [1.29, 1.82) is 0 Å². The van der Waals surface area contributed by atoms with Crippen molar-refractivity contribution in [2.45, 2.75) is 45.9 Å². The highest BCUT2D eigenvalue weighted by Crippen LogP contribution is 2.34. The lowest BCUT2D eigenvalue weighted by atomic mass is 10.1. The largest absolute Gasteiger partial charge is 0.444 e. The molecule has 1 aromatic rings. The Labute approximate surface area is 155 Å². The molecule has 1 atom stereocenters. The fourth-order valence-electron chi connectivity index (χ4n) is 2.84. The van der Waals surface area contributed by atoms with E-state index in [4.69, 9.17) is 4.74 Å². The second-order valence-electron chi connectivity index (χ2n) is 7.26. The Morgan fingerprint density at radius 2 is 2.00 bits per heavy atom. The average molecular weight is 387 g/mol. The first-order valence-electron chi connectivity index (χ1n) is 8.46. The predicted octanol–water partition coefficient (Wildman–Crippen LogP) is 3.64. The third-order valence-corrected chi connectivity index (χ3v) is 3.97. The fraction of sp³-hybridized carbons (Fsp3) is 0.588. The zero-order chi connectivity index (χ0) is 20.4. The molecule has 0 spiro atoms. The summed E-state index contributed by atoms with van der Waals surface area (Å²) >= 11 is 0. The molecule has 1 aromatic carbocycles. The Kier molecular flexibility index (Phi) is 6.07. The number of ether oxygens (including phenoxy) is 2. The van der Waals surface area contributed by atoms with Crippen molar-refractivity contribution in [3.8, 4) is 5.75 Å². The third kappa shape index (κ3) is 5.41. The molecule has 1 heterocycles. The first kappa shape index (κ1) is 20.7. The number of nitro groups is 1.